The lowest BCUT2D eigenvalue weighted by atomic mass is 10.0. The Labute approximate surface area is 212 Å². The number of hydrogen-bond acceptors (Lipinski definition) is 4. The number of para-hydroxylation sites is 1. The van der Waals surface area contributed by atoms with Crippen LogP contribution in [-0.2, 0) is 9.59 Å². The molecule has 35 heavy (non-hydrogen) atoms. The maximum Gasteiger partial charge on any atom is 0.262 e. The Morgan fingerprint density at radius 1 is 0.886 bits per heavy atom. The summed E-state index contributed by atoms with van der Waals surface area (Å²) in [7, 11) is 0. The van der Waals surface area contributed by atoms with E-state index in [1.54, 1.807) is 24.3 Å². The number of halogens is 2. The molecule has 0 saturated heterocycles. The second kappa shape index (κ2) is 9.90. The minimum atomic E-state index is -1.21. The van der Waals surface area contributed by atoms with Crippen molar-refractivity contribution in [3.05, 3.63) is 98.5 Å². The van der Waals surface area contributed by atoms with Gasteiger partial charge < -0.3 is 10.6 Å². The predicted octanol–water partition coefficient (Wildman–Crippen LogP) is 4.70. The number of benzene rings is 3. The average Bonchev–Trinajstić information content (AvgIpc) is 3.05. The summed E-state index contributed by atoms with van der Waals surface area (Å²) >= 11 is 12.4. The molecule has 0 aliphatic carbocycles. The molecule has 0 spiro atoms. The highest BCUT2D eigenvalue weighted by atomic mass is 35.5. The van der Waals surface area contributed by atoms with Crippen molar-refractivity contribution in [1.29, 1.82) is 0 Å². The first-order chi connectivity index (χ1) is 16.7. The van der Waals surface area contributed by atoms with Gasteiger partial charge in [-0.05, 0) is 49.2 Å². The SMILES string of the molecule is Cc1cccc(C)c1NC(=O)C(NC(=O)CN1C(=O)c2ccccc2C1=O)c1ccc(Cl)cc1Cl. The van der Waals surface area contributed by atoms with Crippen molar-refractivity contribution in [2.24, 2.45) is 0 Å². The molecule has 7 nitrogen and oxygen atoms in total. The number of fused-ring (bicyclic) bond motifs is 1. The molecule has 0 radical (unpaired) electrons. The third kappa shape index (κ3) is 4.92. The summed E-state index contributed by atoms with van der Waals surface area (Å²) in [5, 5.41) is 6.03. The van der Waals surface area contributed by atoms with Gasteiger partial charge in [0.25, 0.3) is 17.7 Å². The van der Waals surface area contributed by atoms with E-state index >= 15 is 0 Å². The van der Waals surface area contributed by atoms with E-state index in [1.165, 1.54) is 18.2 Å². The molecule has 0 fully saturated rings. The first kappa shape index (κ1) is 24.4. The average molecular weight is 510 g/mol. The molecule has 3 aromatic rings. The quantitative estimate of drug-likeness (QED) is 0.470. The molecule has 0 aromatic heterocycles. The maximum absolute atomic E-state index is 13.4. The van der Waals surface area contributed by atoms with Gasteiger partial charge in [0.2, 0.25) is 5.91 Å². The number of carbonyl (C=O) groups excluding carboxylic acids is 4. The minimum absolute atomic E-state index is 0.181. The molecule has 2 N–H and O–H groups in total. The summed E-state index contributed by atoms with van der Waals surface area (Å²) in [6.45, 7) is 3.16. The van der Waals surface area contributed by atoms with Gasteiger partial charge in [-0.15, -0.1) is 0 Å². The Bertz CT molecular complexity index is 1320. The second-order valence-corrected chi connectivity index (χ2v) is 9.01. The summed E-state index contributed by atoms with van der Waals surface area (Å²) in [5.41, 5.74) is 3.08. The molecule has 1 aliphatic rings. The first-order valence-corrected chi connectivity index (χ1v) is 11.5. The van der Waals surface area contributed by atoms with E-state index in [4.69, 9.17) is 23.2 Å². The van der Waals surface area contributed by atoms with Crippen LogP contribution >= 0.6 is 23.2 Å². The highest BCUT2D eigenvalue weighted by molar-refractivity contribution is 6.35. The van der Waals surface area contributed by atoms with Crippen LogP contribution in [0.25, 0.3) is 0 Å². The molecule has 178 valence electrons. The third-order valence-electron chi connectivity index (χ3n) is 5.75. The zero-order valence-corrected chi connectivity index (χ0v) is 20.4. The Kier molecular flexibility index (Phi) is 6.91. The number of imide groups is 1. The zero-order valence-electron chi connectivity index (χ0n) is 18.9. The van der Waals surface area contributed by atoms with E-state index < -0.39 is 36.2 Å². The van der Waals surface area contributed by atoms with Crippen LogP contribution < -0.4 is 10.6 Å². The molecule has 1 unspecified atom stereocenters. The smallest absolute Gasteiger partial charge is 0.262 e. The van der Waals surface area contributed by atoms with Crippen molar-refractivity contribution in [2.75, 3.05) is 11.9 Å². The van der Waals surface area contributed by atoms with Gasteiger partial charge in [-0.3, -0.25) is 24.1 Å². The lowest BCUT2D eigenvalue weighted by molar-refractivity contribution is -0.126. The van der Waals surface area contributed by atoms with Crippen LogP contribution in [0.5, 0.6) is 0 Å². The van der Waals surface area contributed by atoms with Crippen LogP contribution in [0.4, 0.5) is 5.69 Å². The van der Waals surface area contributed by atoms with E-state index in [2.05, 4.69) is 10.6 Å². The van der Waals surface area contributed by atoms with Crippen molar-refractivity contribution in [1.82, 2.24) is 10.2 Å². The van der Waals surface area contributed by atoms with Gasteiger partial charge >= 0.3 is 0 Å². The zero-order chi connectivity index (χ0) is 25.3. The molecular weight excluding hydrogens is 489 g/mol. The van der Waals surface area contributed by atoms with Gasteiger partial charge in [0, 0.05) is 21.3 Å². The van der Waals surface area contributed by atoms with Crippen LogP contribution in [0, 0.1) is 13.8 Å². The molecule has 9 heteroatoms. The van der Waals surface area contributed by atoms with Gasteiger partial charge in [-0.2, -0.15) is 0 Å². The summed E-state index contributed by atoms with van der Waals surface area (Å²) in [6, 6.07) is 15.3. The monoisotopic (exact) mass is 509 g/mol. The van der Waals surface area contributed by atoms with E-state index in [9.17, 15) is 19.2 Å². The number of rotatable bonds is 6. The van der Waals surface area contributed by atoms with Crippen LogP contribution in [0.3, 0.4) is 0 Å². The van der Waals surface area contributed by atoms with Crippen LogP contribution in [-0.4, -0.2) is 35.1 Å². The van der Waals surface area contributed by atoms with Crippen LogP contribution in [0.2, 0.25) is 10.0 Å². The molecular formula is C26H21Cl2N3O4. The summed E-state index contributed by atoms with van der Waals surface area (Å²) in [5.74, 6) is -2.38. The minimum Gasteiger partial charge on any atom is -0.339 e. The van der Waals surface area contributed by atoms with Crippen molar-refractivity contribution in [3.8, 4) is 0 Å². The molecule has 0 saturated carbocycles. The normalized spacial score (nSPS) is 13.4. The Balaban J connectivity index is 1.59. The highest BCUT2D eigenvalue weighted by Crippen LogP contribution is 2.29. The van der Waals surface area contributed by atoms with Gasteiger partial charge in [0.05, 0.1) is 11.1 Å². The third-order valence-corrected chi connectivity index (χ3v) is 6.31. The fourth-order valence-corrected chi connectivity index (χ4v) is 4.48. The largest absolute Gasteiger partial charge is 0.339 e. The second-order valence-electron chi connectivity index (χ2n) is 8.16. The van der Waals surface area contributed by atoms with E-state index in [1.807, 2.05) is 32.0 Å². The van der Waals surface area contributed by atoms with Gasteiger partial charge in [-0.25, -0.2) is 0 Å². The highest BCUT2D eigenvalue weighted by Gasteiger charge is 2.37. The lowest BCUT2D eigenvalue weighted by Crippen LogP contribution is -2.44. The van der Waals surface area contributed by atoms with Crippen LogP contribution in [0.15, 0.2) is 60.7 Å². The number of amides is 4. The summed E-state index contributed by atoms with van der Waals surface area (Å²) in [4.78, 5) is 52.5. The molecule has 1 aliphatic heterocycles. The number of carbonyl (C=O) groups is 4. The standard InChI is InChI=1S/C26H21Cl2N3O4/c1-14-6-5-7-15(2)22(14)30-24(33)23(19-11-10-16(27)12-20(19)28)29-21(32)13-31-25(34)17-8-3-4-9-18(17)26(31)35/h3-12,23H,13H2,1-2H3,(H,29,32)(H,30,33). The van der Waals surface area contributed by atoms with E-state index in [0.29, 0.717) is 16.3 Å². The van der Waals surface area contributed by atoms with Crippen molar-refractivity contribution < 1.29 is 19.2 Å². The first-order valence-electron chi connectivity index (χ1n) is 10.7. The van der Waals surface area contributed by atoms with Crippen molar-refractivity contribution in [2.45, 2.75) is 19.9 Å². The maximum atomic E-state index is 13.4. The van der Waals surface area contributed by atoms with Crippen molar-refractivity contribution >= 4 is 52.5 Å². The fourth-order valence-electron chi connectivity index (χ4n) is 3.96. The Morgan fingerprint density at radius 3 is 2.06 bits per heavy atom. The Morgan fingerprint density at radius 2 is 1.49 bits per heavy atom. The topological polar surface area (TPSA) is 95.6 Å². The number of hydrogen-bond donors (Lipinski definition) is 2. The van der Waals surface area contributed by atoms with Crippen molar-refractivity contribution in [3.63, 3.8) is 0 Å². The van der Waals surface area contributed by atoms with Gasteiger partial charge in [0.15, 0.2) is 0 Å². The molecule has 4 rings (SSSR count). The number of anilines is 1. The van der Waals surface area contributed by atoms with Gasteiger partial charge in [0.1, 0.15) is 12.6 Å². The van der Waals surface area contributed by atoms with E-state index in [-0.39, 0.29) is 16.1 Å². The lowest BCUT2D eigenvalue weighted by Gasteiger charge is -2.22. The van der Waals surface area contributed by atoms with Crippen LogP contribution in [0.1, 0.15) is 43.4 Å². The summed E-state index contributed by atoms with van der Waals surface area (Å²) in [6.07, 6.45) is 0. The molecule has 1 heterocycles. The molecule has 3 aromatic carbocycles. The molecule has 0 bridgehead atoms. The predicted molar refractivity (Wildman–Crippen MR) is 134 cm³/mol. The van der Waals surface area contributed by atoms with E-state index in [0.717, 1.165) is 16.0 Å². The number of nitrogens with one attached hydrogen (secondary N) is 2. The fraction of sp³-hybridized carbons (Fsp3) is 0.154. The molecule has 1 atom stereocenters. The summed E-state index contributed by atoms with van der Waals surface area (Å²) < 4.78 is 0. The molecule has 4 amide bonds. The number of nitrogens with zero attached hydrogens (tertiary/aromatic N) is 1. The number of aryl methyl sites for hydroxylation is 2. The van der Waals surface area contributed by atoms with Gasteiger partial charge in [-0.1, -0.05) is 59.6 Å². The Hall–Kier alpha value is -3.68.